The third-order valence-electron chi connectivity index (χ3n) is 2.33. The van der Waals surface area contributed by atoms with E-state index in [4.69, 9.17) is 4.55 Å². The summed E-state index contributed by atoms with van der Waals surface area (Å²) in [6.45, 7) is 1.66. The quantitative estimate of drug-likeness (QED) is 0.557. The van der Waals surface area contributed by atoms with E-state index in [1.807, 2.05) is 18.2 Å². The second-order valence-corrected chi connectivity index (χ2v) is 4.77. The summed E-state index contributed by atoms with van der Waals surface area (Å²) in [5, 5.41) is 1.36. The molecule has 0 aliphatic rings. The van der Waals surface area contributed by atoms with Crippen LogP contribution in [0.25, 0.3) is 10.8 Å². The average Bonchev–Trinajstić information content (AvgIpc) is 2.15. The number of aryl methyl sites for hydroxylation is 1. The van der Waals surface area contributed by atoms with Gasteiger partial charge >= 0.3 is 51.4 Å². The predicted molar refractivity (Wildman–Crippen MR) is 59.6 cm³/mol. The van der Waals surface area contributed by atoms with E-state index in [1.54, 1.807) is 25.1 Å². The van der Waals surface area contributed by atoms with Gasteiger partial charge in [0.05, 0.1) is 0 Å². The summed E-state index contributed by atoms with van der Waals surface area (Å²) in [7, 11) is -4.16. The van der Waals surface area contributed by atoms with Crippen molar-refractivity contribution in [3.63, 3.8) is 0 Å². The van der Waals surface area contributed by atoms with E-state index in [1.165, 1.54) is 0 Å². The van der Waals surface area contributed by atoms with Crippen molar-refractivity contribution < 1.29 is 65.8 Å². The summed E-state index contributed by atoms with van der Waals surface area (Å²) < 4.78 is 31.6. The molecule has 2 rings (SSSR count). The van der Waals surface area contributed by atoms with Crippen molar-refractivity contribution >= 4 is 20.9 Å². The summed E-state index contributed by atoms with van der Waals surface area (Å²) in [5.41, 5.74) is 0.552. The molecule has 0 bridgehead atoms. The molecule has 0 aromatic heterocycles. The molecule has 3 nitrogen and oxygen atoms in total. The van der Waals surface area contributed by atoms with Gasteiger partial charge in [-0.25, -0.2) is 0 Å². The van der Waals surface area contributed by atoms with E-state index < -0.39 is 10.1 Å². The molecule has 0 saturated heterocycles. The molecular formula is C11H11KO3S. The normalized spacial score (nSPS) is 11.1. The second kappa shape index (κ2) is 5.26. The maximum Gasteiger partial charge on any atom is 1.00 e. The van der Waals surface area contributed by atoms with E-state index in [2.05, 4.69) is 0 Å². The molecule has 0 fully saturated rings. The Bertz CT molecular complexity index is 626. The van der Waals surface area contributed by atoms with Crippen LogP contribution < -0.4 is 51.4 Å². The van der Waals surface area contributed by atoms with Crippen molar-refractivity contribution in [2.75, 3.05) is 0 Å². The molecule has 1 N–H and O–H groups in total. The van der Waals surface area contributed by atoms with Gasteiger partial charge in [0.15, 0.2) is 0 Å². The number of hydrogen-bond donors (Lipinski definition) is 1. The topological polar surface area (TPSA) is 54.4 Å². The van der Waals surface area contributed by atoms with E-state index in [0.29, 0.717) is 10.9 Å². The van der Waals surface area contributed by atoms with Crippen LogP contribution in [-0.4, -0.2) is 13.0 Å². The fourth-order valence-electron chi connectivity index (χ4n) is 1.69. The molecule has 80 valence electrons. The van der Waals surface area contributed by atoms with Gasteiger partial charge in [-0.15, -0.1) is 0 Å². The van der Waals surface area contributed by atoms with Crippen molar-refractivity contribution in [2.45, 2.75) is 11.8 Å². The van der Waals surface area contributed by atoms with E-state index in [9.17, 15) is 8.42 Å². The largest absolute Gasteiger partial charge is 1.00 e. The first-order valence-electron chi connectivity index (χ1n) is 4.46. The minimum absolute atomic E-state index is 0. The van der Waals surface area contributed by atoms with Gasteiger partial charge in [-0.2, -0.15) is 8.42 Å². The van der Waals surface area contributed by atoms with Crippen molar-refractivity contribution in [1.82, 2.24) is 0 Å². The zero-order chi connectivity index (χ0) is 11.1. The van der Waals surface area contributed by atoms with Crippen LogP contribution in [0.15, 0.2) is 41.3 Å². The standard InChI is InChI=1S/C11H10O3S.K.H/c1-8-6-7-9-4-2-3-5-10(9)11(8)15(12,13)14;;/h2-7H,1H3,(H,12,13,14);;/q;+1;-1. The van der Waals surface area contributed by atoms with Crippen LogP contribution in [0.3, 0.4) is 0 Å². The van der Waals surface area contributed by atoms with E-state index in [0.717, 1.165) is 5.39 Å². The van der Waals surface area contributed by atoms with Gasteiger partial charge in [0.2, 0.25) is 0 Å². The molecule has 0 aliphatic carbocycles. The monoisotopic (exact) mass is 262 g/mol. The Hall–Kier alpha value is 0.246. The Kier molecular flexibility index (Phi) is 4.71. The molecule has 2 aromatic rings. The molecule has 0 saturated carbocycles. The fourth-order valence-corrected chi connectivity index (χ4v) is 2.63. The van der Waals surface area contributed by atoms with Crippen LogP contribution >= 0.6 is 0 Å². The van der Waals surface area contributed by atoms with Gasteiger partial charge in [0.1, 0.15) is 4.90 Å². The summed E-state index contributed by atoms with van der Waals surface area (Å²) in [6, 6.07) is 10.6. The zero-order valence-electron chi connectivity index (χ0n) is 10.1. The maximum absolute atomic E-state index is 11.2. The van der Waals surface area contributed by atoms with Crippen LogP contribution in [0.1, 0.15) is 6.99 Å². The van der Waals surface area contributed by atoms with Gasteiger partial charge < -0.3 is 1.43 Å². The van der Waals surface area contributed by atoms with Gasteiger partial charge in [0, 0.05) is 5.39 Å². The number of rotatable bonds is 1. The molecule has 0 amide bonds. The van der Waals surface area contributed by atoms with Crippen LogP contribution in [0.5, 0.6) is 0 Å². The Morgan fingerprint density at radius 2 is 1.75 bits per heavy atom. The average molecular weight is 262 g/mol. The molecule has 5 heteroatoms. The molecule has 0 radical (unpaired) electrons. The van der Waals surface area contributed by atoms with Gasteiger partial charge in [-0.1, -0.05) is 36.4 Å². The molecular weight excluding hydrogens is 251 g/mol. The van der Waals surface area contributed by atoms with Crippen LogP contribution in [0, 0.1) is 6.92 Å². The summed E-state index contributed by atoms with van der Waals surface area (Å²) in [4.78, 5) is 0.000556. The third kappa shape index (κ3) is 2.73. The van der Waals surface area contributed by atoms with E-state index >= 15 is 0 Å². The Morgan fingerprint density at radius 3 is 2.38 bits per heavy atom. The van der Waals surface area contributed by atoms with Crippen LogP contribution in [-0.2, 0) is 10.1 Å². The number of fused-ring (bicyclic) bond motifs is 1. The smallest absolute Gasteiger partial charge is 1.00 e. The van der Waals surface area contributed by atoms with Crippen molar-refractivity contribution in [1.29, 1.82) is 0 Å². The van der Waals surface area contributed by atoms with Crippen molar-refractivity contribution in [2.24, 2.45) is 0 Å². The van der Waals surface area contributed by atoms with Gasteiger partial charge in [-0.05, 0) is 17.9 Å². The molecule has 0 unspecified atom stereocenters. The first-order valence-corrected chi connectivity index (χ1v) is 5.90. The minimum atomic E-state index is -4.16. The molecule has 0 spiro atoms. The molecule has 2 aromatic carbocycles. The predicted octanol–water partition coefficient (Wildman–Crippen LogP) is -0.489. The molecule has 16 heavy (non-hydrogen) atoms. The van der Waals surface area contributed by atoms with Gasteiger partial charge in [-0.3, -0.25) is 4.55 Å². The molecule has 0 aliphatic heterocycles. The van der Waals surface area contributed by atoms with Crippen LogP contribution in [0.2, 0.25) is 0 Å². The number of hydrogen-bond acceptors (Lipinski definition) is 2. The van der Waals surface area contributed by atoms with Crippen molar-refractivity contribution in [3.05, 3.63) is 42.0 Å². The number of benzene rings is 2. The van der Waals surface area contributed by atoms with Crippen LogP contribution in [0.4, 0.5) is 0 Å². The first kappa shape index (κ1) is 14.3. The Morgan fingerprint density at radius 1 is 1.12 bits per heavy atom. The second-order valence-electron chi connectivity index (χ2n) is 3.41. The van der Waals surface area contributed by atoms with Gasteiger partial charge in [0.25, 0.3) is 10.1 Å². The SMILES string of the molecule is Cc1ccc2ccccc2c1S(=O)(=O)O.[H-].[K+]. The fraction of sp³-hybridized carbons (Fsp3) is 0.0909. The molecule has 0 atom stereocenters. The van der Waals surface area contributed by atoms with Crippen molar-refractivity contribution in [3.8, 4) is 0 Å². The molecule has 0 heterocycles. The van der Waals surface area contributed by atoms with E-state index in [-0.39, 0.29) is 57.7 Å². The zero-order valence-corrected chi connectivity index (χ0v) is 13.1. The Balaban J connectivity index is 0.00000128. The summed E-state index contributed by atoms with van der Waals surface area (Å²) in [6.07, 6.45) is 0. The maximum atomic E-state index is 11.2. The third-order valence-corrected chi connectivity index (χ3v) is 3.39. The Labute approximate surface area is 139 Å². The minimum Gasteiger partial charge on any atom is -1.00 e. The summed E-state index contributed by atoms with van der Waals surface area (Å²) >= 11 is 0. The first-order chi connectivity index (χ1) is 7.00. The summed E-state index contributed by atoms with van der Waals surface area (Å²) in [5.74, 6) is 0.